The van der Waals surface area contributed by atoms with Crippen LogP contribution in [0.3, 0.4) is 0 Å². The first kappa shape index (κ1) is 8.26. The van der Waals surface area contributed by atoms with Gasteiger partial charge in [-0.25, -0.2) is 4.98 Å². The minimum atomic E-state index is 0.961. The lowest BCUT2D eigenvalue weighted by atomic mass is 10.3. The van der Waals surface area contributed by atoms with Crippen LogP contribution in [0, 0.1) is 6.92 Å². The van der Waals surface area contributed by atoms with E-state index in [4.69, 9.17) is 0 Å². The van der Waals surface area contributed by atoms with Crippen LogP contribution in [0.25, 0.3) is 5.65 Å². The molecule has 0 aromatic carbocycles. The summed E-state index contributed by atoms with van der Waals surface area (Å²) < 4.78 is 4.05. The van der Waals surface area contributed by atoms with Gasteiger partial charge in [0, 0.05) is 10.7 Å². The third-order valence-electron chi connectivity index (χ3n) is 1.75. The number of fused-ring (bicyclic) bond motifs is 1. The minimum Gasteiger partial charge on any atom is -0.293 e. The monoisotopic (exact) mass is 288 g/mol. The lowest BCUT2D eigenvalue weighted by Crippen LogP contribution is -1.86. The van der Waals surface area contributed by atoms with Gasteiger partial charge in [-0.1, -0.05) is 0 Å². The van der Waals surface area contributed by atoms with Gasteiger partial charge >= 0.3 is 0 Å². The van der Waals surface area contributed by atoms with Gasteiger partial charge in [-0.15, -0.1) is 0 Å². The number of hydrogen-bond acceptors (Lipinski definition) is 1. The standard InChI is InChI=1S/C8H6Br2N2/c1-5-2-8-11-3-7(10)12(8)4-6(5)9/h2-4H,1H3. The smallest absolute Gasteiger partial charge is 0.137 e. The van der Waals surface area contributed by atoms with Crippen molar-refractivity contribution >= 4 is 37.5 Å². The maximum absolute atomic E-state index is 4.22. The van der Waals surface area contributed by atoms with E-state index >= 15 is 0 Å². The number of imidazole rings is 1. The summed E-state index contributed by atoms with van der Waals surface area (Å²) in [4.78, 5) is 4.22. The summed E-state index contributed by atoms with van der Waals surface area (Å²) in [6, 6.07) is 2.04. The van der Waals surface area contributed by atoms with Gasteiger partial charge in [0.15, 0.2) is 0 Å². The Morgan fingerprint density at radius 3 is 2.92 bits per heavy atom. The van der Waals surface area contributed by atoms with Gasteiger partial charge in [0.25, 0.3) is 0 Å². The van der Waals surface area contributed by atoms with Crippen molar-refractivity contribution in [1.82, 2.24) is 9.38 Å². The number of pyridine rings is 1. The first-order valence-electron chi connectivity index (χ1n) is 3.47. The van der Waals surface area contributed by atoms with E-state index in [1.807, 2.05) is 23.6 Å². The van der Waals surface area contributed by atoms with Gasteiger partial charge in [0.2, 0.25) is 0 Å². The molecule has 4 heteroatoms. The highest BCUT2D eigenvalue weighted by Gasteiger charge is 2.02. The summed E-state index contributed by atoms with van der Waals surface area (Å²) in [5.74, 6) is 0. The Balaban J connectivity index is 2.87. The van der Waals surface area contributed by atoms with Crippen LogP contribution in [0.5, 0.6) is 0 Å². The Kier molecular flexibility index (Phi) is 1.96. The quantitative estimate of drug-likeness (QED) is 0.728. The van der Waals surface area contributed by atoms with Crippen molar-refractivity contribution in [1.29, 1.82) is 0 Å². The molecule has 0 unspecified atom stereocenters. The molecule has 2 nitrogen and oxygen atoms in total. The molecule has 0 amide bonds. The molecule has 0 radical (unpaired) electrons. The molecule has 62 valence electrons. The second-order valence-electron chi connectivity index (χ2n) is 2.61. The summed E-state index contributed by atoms with van der Waals surface area (Å²) in [6.07, 6.45) is 3.79. The van der Waals surface area contributed by atoms with E-state index in [9.17, 15) is 0 Å². The zero-order chi connectivity index (χ0) is 8.72. The van der Waals surface area contributed by atoms with Crippen LogP contribution < -0.4 is 0 Å². The summed E-state index contributed by atoms with van der Waals surface area (Å²) in [5, 5.41) is 0. The third kappa shape index (κ3) is 1.19. The van der Waals surface area contributed by atoms with Crippen molar-refractivity contribution in [3.8, 4) is 0 Å². The van der Waals surface area contributed by atoms with E-state index in [0.717, 1.165) is 14.7 Å². The van der Waals surface area contributed by atoms with Crippen LogP contribution in [0.2, 0.25) is 0 Å². The number of nitrogens with zero attached hydrogens (tertiary/aromatic N) is 2. The van der Waals surface area contributed by atoms with E-state index in [2.05, 4.69) is 36.8 Å². The number of halogens is 2. The third-order valence-corrected chi connectivity index (χ3v) is 3.16. The predicted octanol–water partition coefficient (Wildman–Crippen LogP) is 3.17. The maximum atomic E-state index is 4.22. The van der Waals surface area contributed by atoms with Gasteiger partial charge in [-0.3, -0.25) is 4.40 Å². The van der Waals surface area contributed by atoms with Gasteiger partial charge in [0.05, 0.1) is 6.20 Å². The molecule has 2 rings (SSSR count). The van der Waals surface area contributed by atoms with E-state index in [1.54, 1.807) is 6.20 Å². The molecule has 2 aromatic heterocycles. The van der Waals surface area contributed by atoms with Gasteiger partial charge in [-0.05, 0) is 50.4 Å². The highest BCUT2D eigenvalue weighted by atomic mass is 79.9. The second kappa shape index (κ2) is 2.85. The van der Waals surface area contributed by atoms with E-state index in [1.165, 1.54) is 5.56 Å². The molecule has 0 aliphatic rings. The van der Waals surface area contributed by atoms with Crippen molar-refractivity contribution in [3.05, 3.63) is 33.1 Å². The van der Waals surface area contributed by atoms with Crippen LogP contribution in [0.1, 0.15) is 5.56 Å². The van der Waals surface area contributed by atoms with E-state index in [0.29, 0.717) is 0 Å². The average Bonchev–Trinajstić information content (AvgIpc) is 2.35. The van der Waals surface area contributed by atoms with Crippen molar-refractivity contribution in [2.75, 3.05) is 0 Å². The molecule has 0 fully saturated rings. The summed E-state index contributed by atoms with van der Waals surface area (Å²) in [6.45, 7) is 2.05. The first-order valence-corrected chi connectivity index (χ1v) is 5.06. The average molecular weight is 290 g/mol. The van der Waals surface area contributed by atoms with Crippen LogP contribution in [-0.2, 0) is 0 Å². The molecule has 0 spiro atoms. The Hall–Kier alpha value is -0.350. The van der Waals surface area contributed by atoms with Crippen LogP contribution in [0.4, 0.5) is 0 Å². The fourth-order valence-corrected chi connectivity index (χ4v) is 1.77. The lowest BCUT2D eigenvalue weighted by molar-refractivity contribution is 1.13. The largest absolute Gasteiger partial charge is 0.293 e. The highest BCUT2D eigenvalue weighted by Crippen LogP contribution is 2.20. The molecule has 0 atom stereocenters. The molecular weight excluding hydrogens is 284 g/mol. The number of aryl methyl sites for hydroxylation is 1. The molecule has 0 saturated carbocycles. The first-order chi connectivity index (χ1) is 5.68. The summed E-state index contributed by atoms with van der Waals surface area (Å²) in [7, 11) is 0. The summed E-state index contributed by atoms with van der Waals surface area (Å²) >= 11 is 6.87. The van der Waals surface area contributed by atoms with Crippen molar-refractivity contribution in [2.45, 2.75) is 6.92 Å². The molecule has 2 aromatic rings. The lowest BCUT2D eigenvalue weighted by Gasteiger charge is -1.99. The molecular formula is C8H6Br2N2. The van der Waals surface area contributed by atoms with Crippen molar-refractivity contribution in [2.24, 2.45) is 0 Å². The van der Waals surface area contributed by atoms with Crippen LogP contribution in [-0.4, -0.2) is 9.38 Å². The zero-order valence-electron chi connectivity index (χ0n) is 6.38. The topological polar surface area (TPSA) is 17.3 Å². The molecule has 0 aliphatic heterocycles. The van der Waals surface area contributed by atoms with Crippen molar-refractivity contribution < 1.29 is 0 Å². The molecule has 0 N–H and O–H groups in total. The van der Waals surface area contributed by atoms with E-state index < -0.39 is 0 Å². The number of hydrogen-bond donors (Lipinski definition) is 0. The van der Waals surface area contributed by atoms with Gasteiger partial charge < -0.3 is 0 Å². The van der Waals surface area contributed by atoms with E-state index in [-0.39, 0.29) is 0 Å². The molecule has 0 bridgehead atoms. The second-order valence-corrected chi connectivity index (χ2v) is 4.28. The molecule has 2 heterocycles. The molecule has 12 heavy (non-hydrogen) atoms. The Morgan fingerprint density at radius 2 is 2.17 bits per heavy atom. The number of rotatable bonds is 0. The van der Waals surface area contributed by atoms with Crippen LogP contribution in [0.15, 0.2) is 27.5 Å². The van der Waals surface area contributed by atoms with Gasteiger partial charge in [-0.2, -0.15) is 0 Å². The SMILES string of the molecule is Cc1cc2ncc(Br)n2cc1Br. The maximum Gasteiger partial charge on any atom is 0.137 e. The Morgan fingerprint density at radius 1 is 1.42 bits per heavy atom. The fraction of sp³-hybridized carbons (Fsp3) is 0.125. The Bertz CT molecular complexity index is 434. The minimum absolute atomic E-state index is 0.961. The molecule has 0 aliphatic carbocycles. The Labute approximate surface area is 86.9 Å². The predicted molar refractivity (Wildman–Crippen MR) is 55.3 cm³/mol. The van der Waals surface area contributed by atoms with Gasteiger partial charge in [0.1, 0.15) is 10.3 Å². The normalized spacial score (nSPS) is 10.9. The summed E-state index contributed by atoms with van der Waals surface area (Å²) in [5.41, 5.74) is 2.16. The number of aromatic nitrogens is 2. The highest BCUT2D eigenvalue weighted by molar-refractivity contribution is 9.10. The van der Waals surface area contributed by atoms with Crippen molar-refractivity contribution in [3.63, 3.8) is 0 Å². The fourth-order valence-electron chi connectivity index (χ4n) is 1.07. The molecule has 0 saturated heterocycles. The zero-order valence-corrected chi connectivity index (χ0v) is 9.55. The van der Waals surface area contributed by atoms with Crippen LogP contribution >= 0.6 is 31.9 Å².